The third kappa shape index (κ3) is 2.07. The minimum Gasteiger partial charge on any atom is -0.387 e. The van der Waals surface area contributed by atoms with Gasteiger partial charge in [-0.25, -0.2) is 9.50 Å². The van der Waals surface area contributed by atoms with Gasteiger partial charge >= 0.3 is 0 Å². The van der Waals surface area contributed by atoms with Crippen molar-refractivity contribution < 1.29 is 5.11 Å². The van der Waals surface area contributed by atoms with Crippen LogP contribution in [0.1, 0.15) is 11.7 Å². The first kappa shape index (κ1) is 11.2. The molecule has 0 radical (unpaired) electrons. The standard InChI is InChI=1S/C12H12N4OS/c17-11(9-2-6-18-8-9)7-14-12-10-1-3-15-16(10)5-4-13-12/h1-6,8,11,17H,7H2,(H,13,14). The highest BCUT2D eigenvalue weighted by atomic mass is 32.1. The number of aliphatic hydroxyl groups is 1. The summed E-state index contributed by atoms with van der Waals surface area (Å²) >= 11 is 1.58. The third-order valence-electron chi connectivity index (χ3n) is 2.72. The van der Waals surface area contributed by atoms with Gasteiger partial charge in [-0.2, -0.15) is 16.4 Å². The lowest BCUT2D eigenvalue weighted by atomic mass is 10.2. The molecular formula is C12H12N4OS. The summed E-state index contributed by atoms with van der Waals surface area (Å²) in [5.74, 6) is 0.726. The van der Waals surface area contributed by atoms with Crippen LogP contribution >= 0.6 is 11.3 Å². The quantitative estimate of drug-likeness (QED) is 0.752. The largest absolute Gasteiger partial charge is 0.387 e. The minimum absolute atomic E-state index is 0.425. The molecule has 5 nitrogen and oxygen atoms in total. The van der Waals surface area contributed by atoms with Gasteiger partial charge in [0.15, 0.2) is 5.82 Å². The Bertz CT molecular complexity index is 634. The lowest BCUT2D eigenvalue weighted by molar-refractivity contribution is 0.192. The topological polar surface area (TPSA) is 62.5 Å². The van der Waals surface area contributed by atoms with E-state index in [0.717, 1.165) is 16.9 Å². The molecule has 0 amide bonds. The fraction of sp³-hybridized carbons (Fsp3) is 0.167. The van der Waals surface area contributed by atoms with Crippen molar-refractivity contribution in [1.29, 1.82) is 0 Å². The number of nitrogens with one attached hydrogen (secondary N) is 1. The highest BCUT2D eigenvalue weighted by Crippen LogP contribution is 2.18. The van der Waals surface area contributed by atoms with Gasteiger partial charge in [0.1, 0.15) is 5.52 Å². The molecule has 3 aromatic heterocycles. The van der Waals surface area contributed by atoms with Crippen LogP contribution in [0, 0.1) is 0 Å². The molecule has 0 aromatic carbocycles. The predicted octanol–water partition coefficient (Wildman–Crippen LogP) is 1.94. The molecule has 3 heterocycles. The zero-order valence-corrected chi connectivity index (χ0v) is 10.3. The highest BCUT2D eigenvalue weighted by molar-refractivity contribution is 7.07. The van der Waals surface area contributed by atoms with E-state index in [9.17, 15) is 5.11 Å². The third-order valence-corrected chi connectivity index (χ3v) is 3.42. The van der Waals surface area contributed by atoms with Crippen LogP contribution in [-0.2, 0) is 0 Å². The Morgan fingerprint density at radius 2 is 2.33 bits per heavy atom. The molecule has 6 heteroatoms. The van der Waals surface area contributed by atoms with Crippen LogP contribution in [-0.4, -0.2) is 26.2 Å². The monoisotopic (exact) mass is 260 g/mol. The lowest BCUT2D eigenvalue weighted by Crippen LogP contribution is -2.13. The Hall–Kier alpha value is -1.92. The van der Waals surface area contributed by atoms with Crippen molar-refractivity contribution in [3.8, 4) is 0 Å². The molecule has 0 aliphatic heterocycles. The Labute approximate surface area is 108 Å². The van der Waals surface area contributed by atoms with Crippen molar-refractivity contribution in [2.45, 2.75) is 6.10 Å². The Kier molecular flexibility index (Phi) is 2.95. The maximum Gasteiger partial charge on any atom is 0.152 e. The van der Waals surface area contributed by atoms with Crippen LogP contribution in [0.4, 0.5) is 5.82 Å². The van der Waals surface area contributed by atoms with Crippen molar-refractivity contribution >= 4 is 22.7 Å². The summed E-state index contributed by atoms with van der Waals surface area (Å²) in [6.45, 7) is 0.425. The fourth-order valence-electron chi connectivity index (χ4n) is 1.77. The van der Waals surface area contributed by atoms with Crippen LogP contribution in [0.3, 0.4) is 0 Å². The molecule has 3 aromatic rings. The van der Waals surface area contributed by atoms with E-state index >= 15 is 0 Å². The number of nitrogens with zero attached hydrogens (tertiary/aromatic N) is 3. The van der Waals surface area contributed by atoms with E-state index in [0.29, 0.717) is 6.54 Å². The number of anilines is 1. The number of aliphatic hydroxyl groups excluding tert-OH is 1. The van der Waals surface area contributed by atoms with Gasteiger partial charge in [-0.15, -0.1) is 0 Å². The summed E-state index contributed by atoms with van der Waals surface area (Å²) in [5, 5.41) is 21.2. The number of rotatable bonds is 4. The van der Waals surface area contributed by atoms with Crippen LogP contribution in [0.15, 0.2) is 41.5 Å². The molecule has 0 saturated carbocycles. The van der Waals surface area contributed by atoms with Gasteiger partial charge in [-0.05, 0) is 28.5 Å². The van der Waals surface area contributed by atoms with E-state index in [1.807, 2.05) is 22.9 Å². The van der Waals surface area contributed by atoms with Gasteiger partial charge in [0.2, 0.25) is 0 Å². The van der Waals surface area contributed by atoms with Crippen molar-refractivity contribution in [3.63, 3.8) is 0 Å². The predicted molar refractivity (Wildman–Crippen MR) is 70.8 cm³/mol. The van der Waals surface area contributed by atoms with E-state index in [2.05, 4.69) is 15.4 Å². The number of aromatic nitrogens is 3. The zero-order chi connectivity index (χ0) is 12.4. The molecule has 0 saturated heterocycles. The molecule has 0 bridgehead atoms. The van der Waals surface area contributed by atoms with E-state index in [1.165, 1.54) is 0 Å². The van der Waals surface area contributed by atoms with Crippen molar-refractivity contribution in [2.75, 3.05) is 11.9 Å². The maximum atomic E-state index is 9.99. The normalized spacial score (nSPS) is 12.7. The summed E-state index contributed by atoms with van der Waals surface area (Å²) in [6.07, 6.45) is 4.66. The van der Waals surface area contributed by atoms with Crippen LogP contribution in [0.5, 0.6) is 0 Å². The van der Waals surface area contributed by atoms with Crippen molar-refractivity contribution in [2.24, 2.45) is 0 Å². The van der Waals surface area contributed by atoms with Crippen LogP contribution in [0.25, 0.3) is 5.52 Å². The van der Waals surface area contributed by atoms with Gasteiger partial charge in [-0.1, -0.05) is 0 Å². The number of hydrogen-bond donors (Lipinski definition) is 2. The van der Waals surface area contributed by atoms with Crippen molar-refractivity contribution in [3.05, 3.63) is 47.0 Å². The molecule has 3 rings (SSSR count). The molecule has 18 heavy (non-hydrogen) atoms. The summed E-state index contributed by atoms with van der Waals surface area (Å²) < 4.78 is 1.74. The average Bonchev–Trinajstić information content (AvgIpc) is 3.05. The Morgan fingerprint density at radius 3 is 3.17 bits per heavy atom. The summed E-state index contributed by atoms with van der Waals surface area (Å²) in [6, 6.07) is 3.80. The number of fused-ring (bicyclic) bond motifs is 1. The maximum absolute atomic E-state index is 9.99. The SMILES string of the molecule is OC(CNc1nccn2nccc12)c1ccsc1. The molecule has 0 aliphatic carbocycles. The smallest absolute Gasteiger partial charge is 0.152 e. The zero-order valence-electron chi connectivity index (χ0n) is 9.52. The summed E-state index contributed by atoms with van der Waals surface area (Å²) in [7, 11) is 0. The first-order chi connectivity index (χ1) is 8.84. The van der Waals surface area contributed by atoms with E-state index in [-0.39, 0.29) is 0 Å². The Balaban J connectivity index is 1.75. The second-order valence-electron chi connectivity index (χ2n) is 3.89. The summed E-state index contributed by atoms with van der Waals surface area (Å²) in [5.41, 5.74) is 1.82. The van der Waals surface area contributed by atoms with Crippen LogP contribution < -0.4 is 5.32 Å². The molecule has 92 valence electrons. The van der Waals surface area contributed by atoms with E-state index in [1.54, 1.807) is 34.4 Å². The average molecular weight is 260 g/mol. The lowest BCUT2D eigenvalue weighted by Gasteiger charge is -2.11. The van der Waals surface area contributed by atoms with Crippen molar-refractivity contribution in [1.82, 2.24) is 14.6 Å². The van der Waals surface area contributed by atoms with Gasteiger partial charge in [0.25, 0.3) is 0 Å². The molecule has 1 atom stereocenters. The highest BCUT2D eigenvalue weighted by Gasteiger charge is 2.09. The molecule has 0 aliphatic rings. The Morgan fingerprint density at radius 1 is 1.39 bits per heavy atom. The first-order valence-corrected chi connectivity index (χ1v) is 6.51. The van der Waals surface area contributed by atoms with E-state index < -0.39 is 6.10 Å². The second kappa shape index (κ2) is 4.75. The number of hydrogen-bond acceptors (Lipinski definition) is 5. The first-order valence-electron chi connectivity index (χ1n) is 5.57. The molecular weight excluding hydrogens is 248 g/mol. The van der Waals surface area contributed by atoms with Gasteiger partial charge in [-0.3, -0.25) is 0 Å². The minimum atomic E-state index is -0.527. The van der Waals surface area contributed by atoms with Crippen LogP contribution in [0.2, 0.25) is 0 Å². The molecule has 2 N–H and O–H groups in total. The van der Waals surface area contributed by atoms with Gasteiger partial charge in [0, 0.05) is 18.9 Å². The molecule has 1 unspecified atom stereocenters. The molecule has 0 fully saturated rings. The second-order valence-corrected chi connectivity index (χ2v) is 4.67. The summed E-state index contributed by atoms with van der Waals surface area (Å²) in [4.78, 5) is 4.25. The number of thiophene rings is 1. The van der Waals surface area contributed by atoms with Gasteiger partial charge in [0.05, 0.1) is 12.3 Å². The van der Waals surface area contributed by atoms with E-state index in [4.69, 9.17) is 0 Å². The molecule has 0 spiro atoms. The van der Waals surface area contributed by atoms with Gasteiger partial charge < -0.3 is 10.4 Å². The fourth-order valence-corrected chi connectivity index (χ4v) is 2.48.